The number of hydrogen-bond acceptors (Lipinski definition) is 5. The van der Waals surface area contributed by atoms with Gasteiger partial charge in [0.2, 0.25) is 0 Å². The van der Waals surface area contributed by atoms with E-state index in [1.165, 1.54) is 5.56 Å². The smallest absolute Gasteiger partial charge is 0.142 e. The molecule has 1 N–H and O–H groups in total. The number of fused-ring (bicyclic) bond motifs is 5. The van der Waals surface area contributed by atoms with Gasteiger partial charge in [-0.25, -0.2) is 9.50 Å². The molecule has 0 spiro atoms. The Kier molecular flexibility index (Phi) is 2.90. The van der Waals surface area contributed by atoms with Gasteiger partial charge in [0, 0.05) is 35.9 Å². The van der Waals surface area contributed by atoms with Gasteiger partial charge in [-0.3, -0.25) is 9.97 Å². The summed E-state index contributed by atoms with van der Waals surface area (Å²) < 4.78 is 1.83. The predicted octanol–water partition coefficient (Wildman–Crippen LogP) is 3.88. The highest BCUT2D eigenvalue weighted by molar-refractivity contribution is 6.14. The number of aromatic nitrogens is 5. The quantitative estimate of drug-likeness (QED) is 0.533. The highest BCUT2D eigenvalue weighted by Crippen LogP contribution is 2.32. The first-order valence-corrected chi connectivity index (χ1v) is 7.99. The number of nitrogens with one attached hydrogen (secondary N) is 1. The van der Waals surface area contributed by atoms with Crippen molar-refractivity contribution in [3.8, 4) is 0 Å². The van der Waals surface area contributed by atoms with Gasteiger partial charge in [-0.1, -0.05) is 12.1 Å². The summed E-state index contributed by atoms with van der Waals surface area (Å²) >= 11 is 0. The summed E-state index contributed by atoms with van der Waals surface area (Å²) in [6.07, 6.45) is 8.92. The second kappa shape index (κ2) is 5.24. The highest BCUT2D eigenvalue weighted by atomic mass is 15.2. The van der Waals surface area contributed by atoms with Crippen LogP contribution in [-0.4, -0.2) is 24.6 Å². The zero-order chi connectivity index (χ0) is 16.8. The first-order valence-electron chi connectivity index (χ1n) is 7.99. The minimum absolute atomic E-state index is 0.766. The molecule has 0 fully saturated rings. The first kappa shape index (κ1) is 13.9. The normalized spacial score (nSPS) is 11.4. The Labute approximate surface area is 143 Å². The summed E-state index contributed by atoms with van der Waals surface area (Å²) in [6.45, 7) is 2.07. The molecule has 0 bridgehead atoms. The van der Waals surface area contributed by atoms with Crippen molar-refractivity contribution in [3.63, 3.8) is 0 Å². The first-order chi connectivity index (χ1) is 12.3. The van der Waals surface area contributed by atoms with Crippen LogP contribution in [-0.2, 0) is 0 Å². The van der Waals surface area contributed by atoms with Gasteiger partial charge < -0.3 is 5.32 Å². The van der Waals surface area contributed by atoms with Crippen LogP contribution in [0.15, 0.2) is 61.3 Å². The van der Waals surface area contributed by atoms with Crippen molar-refractivity contribution in [2.24, 2.45) is 0 Å². The molecule has 5 rings (SSSR count). The fraction of sp³-hybridized carbons (Fsp3) is 0.0526. The second-order valence-electron chi connectivity index (χ2n) is 5.98. The standard InChI is InChI=1S/C19H14N6/c1-12-3-2-4-13(9-12)22-19-17-16-11-21-7-8-25(16)24-18(17)14-10-20-6-5-15(14)23-19/h2-11H,1H3,(H,22,23). The third-order valence-electron chi connectivity index (χ3n) is 4.24. The van der Waals surface area contributed by atoms with Gasteiger partial charge >= 0.3 is 0 Å². The zero-order valence-electron chi connectivity index (χ0n) is 13.5. The van der Waals surface area contributed by atoms with Crippen molar-refractivity contribution >= 4 is 38.8 Å². The molecule has 0 unspecified atom stereocenters. The van der Waals surface area contributed by atoms with E-state index in [0.717, 1.165) is 38.8 Å². The molecule has 0 aliphatic rings. The molecule has 0 aliphatic carbocycles. The lowest BCUT2D eigenvalue weighted by Gasteiger charge is -2.09. The Bertz CT molecular complexity index is 1240. The number of rotatable bonds is 2. The number of pyridine rings is 2. The molecule has 0 aliphatic heterocycles. The van der Waals surface area contributed by atoms with Crippen LogP contribution in [0, 0.1) is 6.92 Å². The minimum atomic E-state index is 0.766. The molecule has 5 aromatic rings. The summed E-state index contributed by atoms with van der Waals surface area (Å²) in [4.78, 5) is 13.3. The summed E-state index contributed by atoms with van der Waals surface area (Å²) in [5.74, 6) is 0.766. The van der Waals surface area contributed by atoms with Crippen molar-refractivity contribution in [3.05, 3.63) is 66.9 Å². The van der Waals surface area contributed by atoms with Gasteiger partial charge in [0.15, 0.2) is 0 Å². The molecule has 25 heavy (non-hydrogen) atoms. The number of aryl methyl sites for hydroxylation is 1. The van der Waals surface area contributed by atoms with Gasteiger partial charge in [0.05, 0.1) is 22.6 Å². The summed E-state index contributed by atoms with van der Waals surface area (Å²) in [7, 11) is 0. The number of anilines is 2. The number of benzene rings is 1. The number of nitrogens with zero attached hydrogens (tertiary/aromatic N) is 5. The van der Waals surface area contributed by atoms with E-state index in [0.29, 0.717) is 0 Å². The molecular formula is C19H14N6. The molecule has 6 heteroatoms. The largest absolute Gasteiger partial charge is 0.340 e. The summed E-state index contributed by atoms with van der Waals surface area (Å²) in [5.41, 5.74) is 4.80. The fourth-order valence-electron chi connectivity index (χ4n) is 3.12. The monoisotopic (exact) mass is 326 g/mol. The van der Waals surface area contributed by atoms with E-state index in [-0.39, 0.29) is 0 Å². The Morgan fingerprint density at radius 1 is 1.04 bits per heavy atom. The Hall–Kier alpha value is -3.54. The van der Waals surface area contributed by atoms with Crippen molar-refractivity contribution < 1.29 is 0 Å². The third kappa shape index (κ3) is 2.19. The maximum absolute atomic E-state index is 4.82. The van der Waals surface area contributed by atoms with Gasteiger partial charge in [0.1, 0.15) is 11.3 Å². The topological polar surface area (TPSA) is 68.0 Å². The van der Waals surface area contributed by atoms with Crippen molar-refractivity contribution in [1.82, 2.24) is 24.6 Å². The molecule has 0 saturated carbocycles. The molecule has 4 heterocycles. The average molecular weight is 326 g/mol. The van der Waals surface area contributed by atoms with Gasteiger partial charge in [-0.2, -0.15) is 5.10 Å². The molecule has 120 valence electrons. The second-order valence-corrected chi connectivity index (χ2v) is 5.98. The average Bonchev–Trinajstić information content (AvgIpc) is 3.02. The number of hydrogen-bond donors (Lipinski definition) is 1. The maximum atomic E-state index is 4.82. The van der Waals surface area contributed by atoms with Crippen molar-refractivity contribution in [2.75, 3.05) is 5.32 Å². The van der Waals surface area contributed by atoms with Gasteiger partial charge in [-0.05, 0) is 30.7 Å². The van der Waals surface area contributed by atoms with E-state index in [4.69, 9.17) is 10.1 Å². The van der Waals surface area contributed by atoms with E-state index < -0.39 is 0 Å². The van der Waals surface area contributed by atoms with Crippen molar-refractivity contribution in [1.29, 1.82) is 0 Å². The molecule has 0 saturated heterocycles. The lowest BCUT2D eigenvalue weighted by atomic mass is 10.1. The van der Waals surface area contributed by atoms with E-state index in [1.807, 2.05) is 28.9 Å². The van der Waals surface area contributed by atoms with Crippen LogP contribution in [0.2, 0.25) is 0 Å². The lowest BCUT2D eigenvalue weighted by Crippen LogP contribution is -1.96. The van der Waals surface area contributed by atoms with Crippen molar-refractivity contribution in [2.45, 2.75) is 6.92 Å². The Balaban J connectivity index is 1.86. The van der Waals surface area contributed by atoms with Crippen LogP contribution in [0.5, 0.6) is 0 Å². The summed E-state index contributed by atoms with van der Waals surface area (Å²) in [5, 5.41) is 10.0. The van der Waals surface area contributed by atoms with Crippen LogP contribution in [0.3, 0.4) is 0 Å². The third-order valence-corrected chi connectivity index (χ3v) is 4.24. The molecule has 1 aromatic carbocycles. The Morgan fingerprint density at radius 2 is 1.96 bits per heavy atom. The summed E-state index contributed by atoms with van der Waals surface area (Å²) in [6, 6.07) is 10.1. The van der Waals surface area contributed by atoms with Crippen LogP contribution in [0.1, 0.15) is 5.56 Å². The maximum Gasteiger partial charge on any atom is 0.142 e. The van der Waals surface area contributed by atoms with Crippen LogP contribution in [0.25, 0.3) is 27.3 Å². The molecule has 4 aromatic heterocycles. The van der Waals surface area contributed by atoms with Crippen LogP contribution in [0.4, 0.5) is 11.5 Å². The molecule has 0 atom stereocenters. The molecule has 0 amide bonds. The predicted molar refractivity (Wildman–Crippen MR) is 98.1 cm³/mol. The lowest BCUT2D eigenvalue weighted by molar-refractivity contribution is 0.965. The highest BCUT2D eigenvalue weighted by Gasteiger charge is 2.15. The van der Waals surface area contributed by atoms with Crippen LogP contribution < -0.4 is 5.32 Å². The van der Waals surface area contributed by atoms with E-state index in [1.54, 1.807) is 24.8 Å². The van der Waals surface area contributed by atoms with Gasteiger partial charge in [0.25, 0.3) is 0 Å². The SMILES string of the molecule is Cc1cccc(Nc2nc3ccncc3c3nn4ccncc4c23)c1. The molecular weight excluding hydrogens is 312 g/mol. The fourth-order valence-corrected chi connectivity index (χ4v) is 3.12. The van der Waals surface area contributed by atoms with E-state index in [2.05, 4.69) is 34.3 Å². The Morgan fingerprint density at radius 3 is 2.88 bits per heavy atom. The molecule has 6 nitrogen and oxygen atoms in total. The van der Waals surface area contributed by atoms with E-state index >= 15 is 0 Å². The van der Waals surface area contributed by atoms with E-state index in [9.17, 15) is 0 Å². The minimum Gasteiger partial charge on any atom is -0.340 e. The molecule has 0 radical (unpaired) electrons. The van der Waals surface area contributed by atoms with Crippen LogP contribution >= 0.6 is 0 Å². The van der Waals surface area contributed by atoms with Gasteiger partial charge in [-0.15, -0.1) is 0 Å². The zero-order valence-corrected chi connectivity index (χ0v) is 13.5.